The molecule has 0 fully saturated rings. The molecule has 0 aliphatic heterocycles. The molecule has 290 valence electrons. The van der Waals surface area contributed by atoms with E-state index in [2.05, 4.69) is 40.7 Å². The molecule has 0 radical (unpaired) electrons. The van der Waals surface area contributed by atoms with Crippen molar-refractivity contribution >= 4 is 108 Å². The number of azo groups is 2. The summed E-state index contributed by atoms with van der Waals surface area (Å²) in [4.78, 5) is 7.44. The van der Waals surface area contributed by atoms with Gasteiger partial charge in [0.15, 0.2) is 0 Å². The molecule has 21 nitrogen and oxygen atoms in total. The summed E-state index contributed by atoms with van der Waals surface area (Å²) in [5.74, 6) is 0.00737. The molecular weight excluding hydrogens is 842 g/mol. The second-order valence-corrected chi connectivity index (χ2v) is 17.4. The van der Waals surface area contributed by atoms with Gasteiger partial charge in [-0.05, 0) is 84.8 Å². The highest BCUT2D eigenvalue weighted by atomic mass is 35.5. The van der Waals surface area contributed by atoms with Crippen LogP contribution in [0, 0.1) is 12.3 Å². The molecule has 0 aliphatic rings. The van der Waals surface area contributed by atoms with Crippen molar-refractivity contribution in [3.63, 3.8) is 0 Å². The van der Waals surface area contributed by atoms with E-state index >= 15 is 0 Å². The first-order valence-electron chi connectivity index (χ1n) is 15.0. The summed E-state index contributed by atoms with van der Waals surface area (Å²) in [6, 6.07) is 13.7. The second kappa shape index (κ2) is 14.5. The Kier molecular flexibility index (Phi) is 10.3. The number of nitrogens with one attached hydrogen (secondary N) is 3. The molecule has 0 amide bonds. The van der Waals surface area contributed by atoms with Gasteiger partial charge in [0.2, 0.25) is 16.9 Å². The number of H-pyrrole nitrogens is 1. The molecule has 1 heterocycles. The number of benzene rings is 5. The van der Waals surface area contributed by atoms with Gasteiger partial charge in [-0.2, -0.15) is 43.6 Å². The molecule has 1 aromatic heterocycles. The standard InChI is InChI=1S/C30H22ClN9O12S4/c1-14-10-27(56(50,51)52)25(13-26(14)55(47,48)49)40-39-24-9-8-22(18-5-3-16(12-20(18)24)54(44,45)46)37-38-23-7-6-21(33-30-35-28(31)34-29(32)36-30)17-4-2-15(11-19(17)23)53(41,42)43/h2-13H,1H3,(H,41,42,43)(H,44,45,46)(H,47,48,49)(H,50,51,52)(H3,32,33,34,35,36). The predicted octanol–water partition coefficient (Wildman–Crippen LogP) is 6.11. The van der Waals surface area contributed by atoms with Gasteiger partial charge in [-0.1, -0.05) is 12.1 Å². The number of aryl methyl sites for hydroxylation is 1. The average Bonchev–Trinajstić information content (AvgIpc) is 3.08. The van der Waals surface area contributed by atoms with E-state index in [1.165, 1.54) is 36.4 Å². The molecule has 0 bridgehead atoms. The van der Waals surface area contributed by atoms with Gasteiger partial charge in [-0.25, -0.2) is 0 Å². The van der Waals surface area contributed by atoms with Crippen LogP contribution in [-0.4, -0.2) is 66.8 Å². The van der Waals surface area contributed by atoms with Crippen molar-refractivity contribution in [1.82, 2.24) is 15.0 Å². The van der Waals surface area contributed by atoms with Crippen molar-refractivity contribution in [2.45, 2.75) is 26.5 Å². The third-order valence-corrected chi connectivity index (χ3v) is 11.5. The summed E-state index contributed by atoms with van der Waals surface area (Å²) in [6.45, 7) is 1.15. The van der Waals surface area contributed by atoms with E-state index in [0.29, 0.717) is 17.1 Å². The summed E-state index contributed by atoms with van der Waals surface area (Å²) in [5, 5.41) is 27.2. The maximum absolute atomic E-state index is 12.1. The third kappa shape index (κ3) is 8.59. The van der Waals surface area contributed by atoms with E-state index in [0.717, 1.165) is 37.3 Å². The second-order valence-electron chi connectivity index (χ2n) is 11.5. The fourth-order valence-corrected chi connectivity index (χ4v) is 7.89. The van der Waals surface area contributed by atoms with Gasteiger partial charge in [0.1, 0.15) is 10.6 Å². The Hall–Kier alpha value is -5.64. The zero-order chi connectivity index (χ0) is 41.0. The largest absolute Gasteiger partial charge is 0.325 e. The number of hydrogen-bond acceptors (Lipinski definition) is 16. The Labute approximate surface area is 320 Å². The van der Waals surface area contributed by atoms with Crippen LogP contribution in [0.4, 0.5) is 34.4 Å². The lowest BCUT2D eigenvalue weighted by Crippen LogP contribution is -2.14. The van der Waals surface area contributed by atoms with E-state index < -0.39 is 65.7 Å². The number of aromatic amines is 1. The van der Waals surface area contributed by atoms with Gasteiger partial charge in [0.05, 0.1) is 31.7 Å². The van der Waals surface area contributed by atoms with Gasteiger partial charge < -0.3 is 5.32 Å². The lowest BCUT2D eigenvalue weighted by atomic mass is 10.1. The lowest BCUT2D eigenvalue weighted by molar-refractivity contribution is 0.478. The van der Waals surface area contributed by atoms with Crippen LogP contribution in [0.25, 0.3) is 21.5 Å². The van der Waals surface area contributed by atoms with Gasteiger partial charge in [-0.3, -0.25) is 28.6 Å². The number of rotatable bonds is 10. The quantitative estimate of drug-likeness (QED) is 0.0603. The maximum atomic E-state index is 12.1. The minimum Gasteiger partial charge on any atom is -0.325 e. The van der Waals surface area contributed by atoms with Gasteiger partial charge in [0, 0.05) is 27.2 Å². The highest BCUT2D eigenvalue weighted by molar-refractivity contribution is 7.86. The van der Waals surface area contributed by atoms with E-state index in [9.17, 15) is 51.9 Å². The number of nitrogens with zero attached hydrogens (tertiary/aromatic N) is 6. The van der Waals surface area contributed by atoms with E-state index in [-0.39, 0.29) is 55.6 Å². The molecule has 26 heteroatoms. The topological polar surface area (TPSA) is 344 Å². The molecule has 5 aromatic carbocycles. The monoisotopic (exact) mass is 863 g/mol. The maximum Gasteiger partial charge on any atom is 0.296 e. The molecule has 0 aliphatic carbocycles. The van der Waals surface area contributed by atoms with Crippen LogP contribution in [0.15, 0.2) is 113 Å². The van der Waals surface area contributed by atoms with Crippen LogP contribution >= 0.6 is 11.6 Å². The fraction of sp³-hybridized carbons (Fsp3) is 0.0333. The molecule has 0 atom stereocenters. The fourth-order valence-electron chi connectivity index (χ4n) is 5.29. The van der Waals surface area contributed by atoms with Gasteiger partial charge in [0.25, 0.3) is 40.5 Å². The summed E-state index contributed by atoms with van der Waals surface area (Å²) in [7, 11) is -19.4. The molecule has 0 saturated carbocycles. The SMILES string of the molecule is Cc1cc(S(=O)(=O)O)c(N=Nc2ccc(N=Nc3ccc(Nc4nc(Cl)nc(=N)[nH]4)c4ccc(S(=O)(=O)O)cc34)c3ccc(S(=O)(=O)O)cc23)cc1S(=O)(=O)O. The first kappa shape index (κ1) is 40.0. The zero-order valence-corrected chi connectivity index (χ0v) is 31.7. The van der Waals surface area contributed by atoms with Crippen molar-refractivity contribution in [3.05, 3.63) is 89.3 Å². The molecule has 7 N–H and O–H groups in total. The van der Waals surface area contributed by atoms with Crippen molar-refractivity contribution in [3.8, 4) is 0 Å². The Morgan fingerprint density at radius 3 is 1.59 bits per heavy atom. The number of aromatic nitrogens is 3. The zero-order valence-electron chi connectivity index (χ0n) is 27.7. The predicted molar refractivity (Wildman–Crippen MR) is 197 cm³/mol. The average molecular weight is 864 g/mol. The Bertz CT molecular complexity index is 3230. The van der Waals surface area contributed by atoms with E-state index in [1.54, 1.807) is 0 Å². The van der Waals surface area contributed by atoms with E-state index in [4.69, 9.17) is 17.0 Å². The summed E-state index contributed by atoms with van der Waals surface area (Å²) in [5.41, 5.74) is -1.05. The highest BCUT2D eigenvalue weighted by Crippen LogP contribution is 2.40. The Morgan fingerprint density at radius 2 is 1.07 bits per heavy atom. The summed E-state index contributed by atoms with van der Waals surface area (Å²) >= 11 is 5.87. The van der Waals surface area contributed by atoms with Crippen LogP contribution in [0.3, 0.4) is 0 Å². The molecule has 56 heavy (non-hydrogen) atoms. The normalized spacial score (nSPS) is 13.0. The minimum absolute atomic E-state index is 0.00737. The lowest BCUT2D eigenvalue weighted by Gasteiger charge is -2.12. The van der Waals surface area contributed by atoms with Gasteiger partial charge >= 0.3 is 0 Å². The smallest absolute Gasteiger partial charge is 0.296 e. The summed E-state index contributed by atoms with van der Waals surface area (Å²) < 4.78 is 135. The highest BCUT2D eigenvalue weighted by Gasteiger charge is 2.23. The molecular formula is C30H22ClN9O12S4. The Balaban J connectivity index is 1.50. The number of halogens is 1. The molecule has 0 saturated heterocycles. The number of anilines is 2. The molecule has 6 aromatic rings. The van der Waals surface area contributed by atoms with Crippen LogP contribution in [0.2, 0.25) is 5.28 Å². The third-order valence-electron chi connectivity index (χ3n) is 7.74. The van der Waals surface area contributed by atoms with Crippen LogP contribution in [-0.2, 0) is 40.5 Å². The first-order chi connectivity index (χ1) is 26.0. The van der Waals surface area contributed by atoms with Crippen molar-refractivity contribution in [2.24, 2.45) is 20.5 Å². The minimum atomic E-state index is -5.02. The van der Waals surface area contributed by atoms with Crippen LogP contribution in [0.1, 0.15) is 5.56 Å². The summed E-state index contributed by atoms with van der Waals surface area (Å²) in [6.07, 6.45) is 0. The number of hydrogen-bond donors (Lipinski definition) is 7. The number of fused-ring (bicyclic) bond motifs is 2. The van der Waals surface area contributed by atoms with Gasteiger partial charge in [-0.15, -0.1) is 20.5 Å². The molecule has 0 unspecified atom stereocenters. The van der Waals surface area contributed by atoms with E-state index in [1.807, 2.05) is 0 Å². The van der Waals surface area contributed by atoms with Crippen molar-refractivity contribution < 1.29 is 51.9 Å². The van der Waals surface area contributed by atoms with Crippen molar-refractivity contribution in [1.29, 1.82) is 5.41 Å². The van der Waals surface area contributed by atoms with Crippen LogP contribution in [0.5, 0.6) is 0 Å². The molecule has 0 spiro atoms. The Morgan fingerprint density at radius 1 is 0.589 bits per heavy atom. The molecule has 6 rings (SSSR count). The van der Waals surface area contributed by atoms with Crippen molar-refractivity contribution in [2.75, 3.05) is 5.32 Å². The first-order valence-corrected chi connectivity index (χ1v) is 21.1. The van der Waals surface area contributed by atoms with Crippen LogP contribution < -0.4 is 10.9 Å².